The second-order valence-electron chi connectivity index (χ2n) is 8.02. The van der Waals surface area contributed by atoms with Gasteiger partial charge in [-0.15, -0.1) is 0 Å². The van der Waals surface area contributed by atoms with Gasteiger partial charge in [-0.2, -0.15) is 13.2 Å². The molecule has 0 aliphatic heterocycles. The highest BCUT2D eigenvalue weighted by Gasteiger charge is 2.45. The Morgan fingerprint density at radius 2 is 1.66 bits per heavy atom. The highest BCUT2D eigenvalue weighted by atomic mass is 19.4. The summed E-state index contributed by atoms with van der Waals surface area (Å²) in [5, 5.41) is 2.99. The standard InChI is InChI=1S/C23H27F3N2O/c1-16-10-9-13-18(23(24,25)26)19(16)21(29)27-20(17-11-5-4-6-12-17)22(28(2)3)14-7-8-15-22/h4-6,9-13,20H,7-8,14-15H2,1-3H3,(H,27,29). The van der Waals surface area contributed by atoms with Gasteiger partial charge in [0.2, 0.25) is 0 Å². The lowest BCUT2D eigenvalue weighted by atomic mass is 9.82. The number of benzene rings is 2. The Labute approximate surface area is 169 Å². The van der Waals surface area contributed by atoms with Crippen LogP contribution in [0, 0.1) is 6.92 Å². The fourth-order valence-corrected chi connectivity index (χ4v) is 4.56. The number of aryl methyl sites for hydroxylation is 1. The topological polar surface area (TPSA) is 32.3 Å². The summed E-state index contributed by atoms with van der Waals surface area (Å²) < 4.78 is 40.7. The third-order valence-electron chi connectivity index (χ3n) is 6.11. The van der Waals surface area contributed by atoms with Gasteiger partial charge in [0.05, 0.1) is 17.2 Å². The number of likely N-dealkylation sites (N-methyl/N-ethyl adjacent to an activating group) is 1. The van der Waals surface area contributed by atoms with Crippen molar-refractivity contribution in [1.82, 2.24) is 10.2 Å². The molecule has 6 heteroatoms. The van der Waals surface area contributed by atoms with E-state index in [0.29, 0.717) is 5.56 Å². The molecule has 1 atom stereocenters. The molecule has 1 fully saturated rings. The van der Waals surface area contributed by atoms with Crippen molar-refractivity contribution in [3.8, 4) is 0 Å². The third-order valence-corrected chi connectivity index (χ3v) is 6.11. The number of halogens is 3. The van der Waals surface area contributed by atoms with Gasteiger partial charge in [0.25, 0.3) is 5.91 Å². The molecule has 1 saturated carbocycles. The van der Waals surface area contributed by atoms with Gasteiger partial charge in [-0.05, 0) is 51.1 Å². The number of nitrogens with zero attached hydrogens (tertiary/aromatic N) is 1. The predicted molar refractivity (Wildman–Crippen MR) is 108 cm³/mol. The van der Waals surface area contributed by atoms with Gasteiger partial charge in [-0.3, -0.25) is 4.79 Å². The zero-order valence-corrected chi connectivity index (χ0v) is 17.0. The number of rotatable bonds is 5. The SMILES string of the molecule is Cc1cccc(C(F)(F)F)c1C(=O)NC(c1ccccc1)C1(N(C)C)CCCC1. The second-order valence-corrected chi connectivity index (χ2v) is 8.02. The van der Waals surface area contributed by atoms with E-state index in [0.717, 1.165) is 37.3 Å². The second kappa shape index (κ2) is 8.19. The van der Waals surface area contributed by atoms with Gasteiger partial charge in [0, 0.05) is 5.54 Å². The first-order valence-corrected chi connectivity index (χ1v) is 9.87. The Balaban J connectivity index is 2.06. The average Bonchev–Trinajstić information content (AvgIpc) is 3.16. The molecular formula is C23H27F3N2O. The summed E-state index contributed by atoms with van der Waals surface area (Å²) in [6.07, 6.45) is -0.794. The molecule has 2 aromatic rings. The van der Waals surface area contributed by atoms with Crippen LogP contribution in [0.3, 0.4) is 0 Å². The van der Waals surface area contributed by atoms with Crippen molar-refractivity contribution < 1.29 is 18.0 Å². The van der Waals surface area contributed by atoms with Crippen LogP contribution in [-0.2, 0) is 6.18 Å². The Bertz CT molecular complexity index is 856. The first-order valence-electron chi connectivity index (χ1n) is 9.87. The Morgan fingerprint density at radius 1 is 1.03 bits per heavy atom. The maximum absolute atomic E-state index is 13.6. The number of carbonyl (C=O) groups is 1. The van der Waals surface area contributed by atoms with Gasteiger partial charge in [0.1, 0.15) is 0 Å². The Hall–Kier alpha value is -2.34. The van der Waals surface area contributed by atoms with E-state index in [4.69, 9.17) is 0 Å². The highest BCUT2D eigenvalue weighted by molar-refractivity contribution is 5.97. The van der Waals surface area contributed by atoms with E-state index < -0.39 is 23.7 Å². The monoisotopic (exact) mass is 404 g/mol. The highest BCUT2D eigenvalue weighted by Crippen LogP contribution is 2.44. The first-order chi connectivity index (χ1) is 13.7. The van der Waals surface area contributed by atoms with E-state index >= 15 is 0 Å². The normalized spacial score (nSPS) is 17.3. The number of hydrogen-bond donors (Lipinski definition) is 1. The molecule has 0 aromatic heterocycles. The smallest absolute Gasteiger partial charge is 0.343 e. The van der Waals surface area contributed by atoms with Gasteiger partial charge in [-0.1, -0.05) is 55.3 Å². The van der Waals surface area contributed by atoms with Crippen molar-refractivity contribution in [2.24, 2.45) is 0 Å². The molecule has 1 aliphatic carbocycles. The van der Waals surface area contributed by atoms with E-state index in [1.807, 2.05) is 44.4 Å². The van der Waals surface area contributed by atoms with Crippen LogP contribution in [0.1, 0.15) is 58.8 Å². The van der Waals surface area contributed by atoms with Crippen LogP contribution in [-0.4, -0.2) is 30.4 Å². The largest absolute Gasteiger partial charge is 0.417 e. The van der Waals surface area contributed by atoms with Crippen LogP contribution in [0.5, 0.6) is 0 Å². The number of nitrogens with one attached hydrogen (secondary N) is 1. The number of hydrogen-bond acceptors (Lipinski definition) is 2. The molecule has 1 unspecified atom stereocenters. The summed E-state index contributed by atoms with van der Waals surface area (Å²) >= 11 is 0. The summed E-state index contributed by atoms with van der Waals surface area (Å²) in [4.78, 5) is 15.3. The van der Waals surface area contributed by atoms with Crippen LogP contribution in [0.4, 0.5) is 13.2 Å². The summed E-state index contributed by atoms with van der Waals surface area (Å²) in [5.41, 5.74) is -0.314. The van der Waals surface area contributed by atoms with Crippen molar-refractivity contribution in [1.29, 1.82) is 0 Å². The van der Waals surface area contributed by atoms with Crippen LogP contribution in [0.25, 0.3) is 0 Å². The van der Waals surface area contributed by atoms with Crippen LogP contribution >= 0.6 is 0 Å². The number of carbonyl (C=O) groups excluding carboxylic acids is 1. The summed E-state index contributed by atoms with van der Waals surface area (Å²) in [6.45, 7) is 1.54. The molecule has 1 amide bonds. The lowest BCUT2D eigenvalue weighted by Crippen LogP contribution is -2.53. The minimum atomic E-state index is -4.59. The Morgan fingerprint density at radius 3 is 2.21 bits per heavy atom. The van der Waals surface area contributed by atoms with Crippen LogP contribution in [0.15, 0.2) is 48.5 Å². The molecule has 0 spiro atoms. The van der Waals surface area contributed by atoms with E-state index in [2.05, 4.69) is 10.2 Å². The van der Waals surface area contributed by atoms with Crippen molar-refractivity contribution in [3.05, 3.63) is 70.8 Å². The van der Waals surface area contributed by atoms with Gasteiger partial charge >= 0.3 is 6.18 Å². The Kier molecular flexibility index (Phi) is 6.03. The summed E-state index contributed by atoms with van der Waals surface area (Å²) in [6, 6.07) is 13.0. The number of amides is 1. The molecule has 156 valence electrons. The lowest BCUT2D eigenvalue weighted by Gasteiger charge is -2.44. The molecule has 0 saturated heterocycles. The minimum absolute atomic E-state index is 0.298. The summed E-state index contributed by atoms with van der Waals surface area (Å²) in [7, 11) is 3.95. The van der Waals surface area contributed by atoms with E-state index in [1.54, 1.807) is 13.0 Å². The van der Waals surface area contributed by atoms with Gasteiger partial charge in [0.15, 0.2) is 0 Å². The van der Waals surface area contributed by atoms with Crippen LogP contribution in [0.2, 0.25) is 0 Å². The van der Waals surface area contributed by atoms with E-state index in [9.17, 15) is 18.0 Å². The lowest BCUT2D eigenvalue weighted by molar-refractivity contribution is -0.138. The van der Waals surface area contributed by atoms with Crippen LogP contribution < -0.4 is 5.32 Å². The summed E-state index contributed by atoms with van der Waals surface area (Å²) in [5.74, 6) is -0.683. The van der Waals surface area contributed by atoms with Gasteiger partial charge in [-0.25, -0.2) is 0 Å². The molecule has 3 nitrogen and oxygen atoms in total. The van der Waals surface area contributed by atoms with Crippen molar-refractivity contribution in [2.45, 2.75) is 50.4 Å². The maximum atomic E-state index is 13.6. The third kappa shape index (κ3) is 4.17. The minimum Gasteiger partial charge on any atom is -0.343 e. The molecule has 0 radical (unpaired) electrons. The fraction of sp³-hybridized carbons (Fsp3) is 0.435. The zero-order chi connectivity index (χ0) is 21.2. The molecule has 3 rings (SSSR count). The van der Waals surface area contributed by atoms with Gasteiger partial charge < -0.3 is 10.2 Å². The molecule has 1 aliphatic rings. The quantitative estimate of drug-likeness (QED) is 0.728. The van der Waals surface area contributed by atoms with E-state index in [1.165, 1.54) is 6.07 Å². The predicted octanol–water partition coefficient (Wildman–Crippen LogP) is 5.36. The van der Waals surface area contributed by atoms with Crippen molar-refractivity contribution in [3.63, 3.8) is 0 Å². The molecule has 1 N–H and O–H groups in total. The molecule has 29 heavy (non-hydrogen) atoms. The fourth-order valence-electron chi connectivity index (χ4n) is 4.56. The molecule has 0 heterocycles. The van der Waals surface area contributed by atoms with Crippen molar-refractivity contribution in [2.75, 3.05) is 14.1 Å². The molecular weight excluding hydrogens is 377 g/mol. The zero-order valence-electron chi connectivity index (χ0n) is 17.0. The molecule has 2 aromatic carbocycles. The van der Waals surface area contributed by atoms with E-state index in [-0.39, 0.29) is 11.1 Å². The molecule has 0 bridgehead atoms. The maximum Gasteiger partial charge on any atom is 0.417 e. The average molecular weight is 404 g/mol. The number of alkyl halides is 3. The van der Waals surface area contributed by atoms with Crippen molar-refractivity contribution >= 4 is 5.91 Å². The first kappa shape index (κ1) is 21.4.